The standard InChI is InChI=1S/C24H28Cl2N4O4/c1-32-19-5-3-18(4-6-19)30-9-8-20(34-30)13-27-24(31)28-14-21-16-29(10-11-33-21)15-17-2-7-22(25)23(26)12-17/h2-9,12,20-21H,10-11,13-16H2,1H3,(H2,27,28,31)/t20?,21-/m0/s1. The number of amides is 2. The van der Waals surface area contributed by atoms with Crippen LogP contribution >= 0.6 is 23.2 Å². The normalized spacial score (nSPS) is 20.4. The molecule has 10 heteroatoms. The van der Waals surface area contributed by atoms with Crippen molar-refractivity contribution in [2.75, 3.05) is 45.0 Å². The van der Waals surface area contributed by atoms with E-state index in [1.165, 1.54) is 0 Å². The lowest BCUT2D eigenvalue weighted by molar-refractivity contribution is -0.0287. The average Bonchev–Trinajstić information content (AvgIpc) is 3.33. The highest BCUT2D eigenvalue weighted by Gasteiger charge is 2.22. The molecule has 0 saturated carbocycles. The van der Waals surface area contributed by atoms with Gasteiger partial charge in [0.2, 0.25) is 0 Å². The topological polar surface area (TPSA) is 75.3 Å². The zero-order valence-electron chi connectivity index (χ0n) is 18.9. The number of ether oxygens (including phenoxy) is 2. The lowest BCUT2D eigenvalue weighted by Crippen LogP contribution is -2.49. The molecule has 1 saturated heterocycles. The Kier molecular flexibility index (Phi) is 8.53. The lowest BCUT2D eigenvalue weighted by atomic mass is 10.2. The monoisotopic (exact) mass is 506 g/mol. The molecular weight excluding hydrogens is 479 g/mol. The van der Waals surface area contributed by atoms with Crippen LogP contribution in [-0.2, 0) is 16.1 Å². The molecule has 0 aromatic heterocycles. The van der Waals surface area contributed by atoms with Crippen LogP contribution in [0.5, 0.6) is 5.75 Å². The molecule has 4 rings (SSSR count). The van der Waals surface area contributed by atoms with E-state index in [9.17, 15) is 4.79 Å². The molecule has 2 N–H and O–H groups in total. The van der Waals surface area contributed by atoms with Crippen LogP contribution in [0.3, 0.4) is 0 Å². The predicted octanol–water partition coefficient (Wildman–Crippen LogP) is 3.84. The zero-order chi connectivity index (χ0) is 23.9. The summed E-state index contributed by atoms with van der Waals surface area (Å²) in [6.07, 6.45) is 3.40. The van der Waals surface area contributed by atoms with Gasteiger partial charge in [0.05, 0.1) is 42.1 Å². The Bertz CT molecular complexity index is 1000. The third kappa shape index (κ3) is 6.77. The fourth-order valence-corrected chi connectivity index (χ4v) is 4.10. The highest BCUT2D eigenvalue weighted by Crippen LogP contribution is 2.24. The van der Waals surface area contributed by atoms with Gasteiger partial charge in [0.25, 0.3) is 0 Å². The smallest absolute Gasteiger partial charge is 0.314 e. The minimum absolute atomic E-state index is 0.0875. The molecular formula is C24H28Cl2N4O4. The Labute approximate surface area is 209 Å². The Morgan fingerprint density at radius 1 is 1.12 bits per heavy atom. The van der Waals surface area contributed by atoms with Gasteiger partial charge in [0, 0.05) is 32.4 Å². The Balaban J connectivity index is 1.15. The van der Waals surface area contributed by atoms with Crippen LogP contribution in [0, 0.1) is 0 Å². The quantitative estimate of drug-likeness (QED) is 0.566. The Morgan fingerprint density at radius 3 is 2.68 bits per heavy atom. The number of nitrogens with one attached hydrogen (secondary N) is 2. The molecule has 1 fully saturated rings. The van der Waals surface area contributed by atoms with E-state index in [-0.39, 0.29) is 18.2 Å². The van der Waals surface area contributed by atoms with Crippen molar-refractivity contribution in [1.29, 1.82) is 0 Å². The van der Waals surface area contributed by atoms with Gasteiger partial charge in [0.1, 0.15) is 11.9 Å². The minimum atomic E-state index is -0.259. The minimum Gasteiger partial charge on any atom is -0.497 e. The summed E-state index contributed by atoms with van der Waals surface area (Å²) >= 11 is 12.1. The molecule has 182 valence electrons. The van der Waals surface area contributed by atoms with Crippen LogP contribution in [0.2, 0.25) is 10.0 Å². The van der Waals surface area contributed by atoms with E-state index in [2.05, 4.69) is 15.5 Å². The molecule has 2 aliphatic heterocycles. The number of hydroxylamine groups is 1. The van der Waals surface area contributed by atoms with Crippen molar-refractivity contribution >= 4 is 34.9 Å². The molecule has 2 aromatic carbocycles. The van der Waals surface area contributed by atoms with Crippen molar-refractivity contribution in [2.45, 2.75) is 18.8 Å². The molecule has 34 heavy (non-hydrogen) atoms. The molecule has 8 nitrogen and oxygen atoms in total. The first-order valence-corrected chi connectivity index (χ1v) is 11.8. The van der Waals surface area contributed by atoms with Crippen LogP contribution in [0.1, 0.15) is 5.56 Å². The molecule has 2 aliphatic rings. The Morgan fingerprint density at radius 2 is 1.91 bits per heavy atom. The summed E-state index contributed by atoms with van der Waals surface area (Å²) in [6, 6.07) is 12.9. The fraction of sp³-hybridized carbons (Fsp3) is 0.375. The van der Waals surface area contributed by atoms with Crippen molar-refractivity contribution in [3.8, 4) is 5.75 Å². The van der Waals surface area contributed by atoms with Gasteiger partial charge in [-0.2, -0.15) is 0 Å². The average molecular weight is 507 g/mol. The number of nitrogens with zero attached hydrogens (tertiary/aromatic N) is 2. The summed E-state index contributed by atoms with van der Waals surface area (Å²) in [6.45, 7) is 3.66. The van der Waals surface area contributed by atoms with Crippen LogP contribution in [0.4, 0.5) is 10.5 Å². The van der Waals surface area contributed by atoms with Gasteiger partial charge in [-0.05, 0) is 48.0 Å². The number of halogens is 2. The summed E-state index contributed by atoms with van der Waals surface area (Å²) in [5, 5.41) is 8.50. The SMILES string of the molecule is COc1ccc(N2C=CC(CNC(=O)NC[C@H]3CN(Cc4ccc(Cl)c(Cl)c4)CCO3)O2)cc1. The molecule has 1 unspecified atom stereocenters. The van der Waals surface area contributed by atoms with E-state index in [0.717, 1.165) is 30.1 Å². The Hall–Kier alpha value is -2.49. The van der Waals surface area contributed by atoms with Gasteiger partial charge >= 0.3 is 6.03 Å². The van der Waals surface area contributed by atoms with Gasteiger partial charge in [-0.1, -0.05) is 29.3 Å². The van der Waals surface area contributed by atoms with Gasteiger partial charge in [-0.3, -0.25) is 9.74 Å². The summed E-state index contributed by atoms with van der Waals surface area (Å²) in [4.78, 5) is 20.4. The van der Waals surface area contributed by atoms with Crippen molar-refractivity contribution < 1.29 is 19.1 Å². The predicted molar refractivity (Wildman–Crippen MR) is 132 cm³/mol. The van der Waals surface area contributed by atoms with E-state index >= 15 is 0 Å². The van der Waals surface area contributed by atoms with Gasteiger partial charge in [0.15, 0.2) is 0 Å². The first-order chi connectivity index (χ1) is 16.5. The highest BCUT2D eigenvalue weighted by atomic mass is 35.5. The maximum atomic E-state index is 12.3. The summed E-state index contributed by atoms with van der Waals surface area (Å²) in [5.41, 5.74) is 1.97. The molecule has 2 aromatic rings. The van der Waals surface area contributed by atoms with Gasteiger partial charge in [-0.25, -0.2) is 9.86 Å². The van der Waals surface area contributed by atoms with Crippen LogP contribution in [-0.4, -0.2) is 63.0 Å². The zero-order valence-corrected chi connectivity index (χ0v) is 20.4. The number of morpholine rings is 1. The molecule has 2 atom stereocenters. The van der Waals surface area contributed by atoms with E-state index < -0.39 is 0 Å². The number of carbonyl (C=O) groups is 1. The lowest BCUT2D eigenvalue weighted by Gasteiger charge is -2.33. The van der Waals surface area contributed by atoms with Crippen LogP contribution in [0.25, 0.3) is 0 Å². The second-order valence-corrected chi connectivity index (χ2v) is 8.89. The third-order valence-corrected chi connectivity index (χ3v) is 6.32. The maximum Gasteiger partial charge on any atom is 0.314 e. The molecule has 2 heterocycles. The van der Waals surface area contributed by atoms with Crippen molar-refractivity contribution in [1.82, 2.24) is 15.5 Å². The van der Waals surface area contributed by atoms with E-state index in [1.807, 2.05) is 54.7 Å². The molecule has 0 bridgehead atoms. The van der Waals surface area contributed by atoms with Gasteiger partial charge in [-0.15, -0.1) is 0 Å². The molecule has 0 aliphatic carbocycles. The van der Waals surface area contributed by atoms with E-state index in [0.29, 0.717) is 36.3 Å². The van der Waals surface area contributed by atoms with Crippen molar-refractivity contribution in [3.63, 3.8) is 0 Å². The number of hydrogen-bond donors (Lipinski definition) is 2. The first-order valence-electron chi connectivity index (χ1n) is 11.1. The highest BCUT2D eigenvalue weighted by molar-refractivity contribution is 6.42. The largest absolute Gasteiger partial charge is 0.497 e. The summed E-state index contributed by atoms with van der Waals surface area (Å²) < 4.78 is 11.0. The van der Waals surface area contributed by atoms with E-state index in [1.54, 1.807) is 12.2 Å². The van der Waals surface area contributed by atoms with Crippen LogP contribution < -0.4 is 20.4 Å². The van der Waals surface area contributed by atoms with E-state index in [4.69, 9.17) is 37.5 Å². The number of carbonyl (C=O) groups excluding carboxylic acids is 1. The molecule has 0 spiro atoms. The first kappa shape index (κ1) is 24.6. The number of rotatable bonds is 8. The second kappa shape index (κ2) is 11.8. The fourth-order valence-electron chi connectivity index (χ4n) is 3.78. The maximum absolute atomic E-state index is 12.3. The molecule has 2 amide bonds. The number of benzene rings is 2. The second-order valence-electron chi connectivity index (χ2n) is 8.08. The van der Waals surface area contributed by atoms with Crippen molar-refractivity contribution in [2.24, 2.45) is 0 Å². The summed E-state index contributed by atoms with van der Waals surface area (Å²) in [7, 11) is 1.63. The number of hydrogen-bond acceptors (Lipinski definition) is 6. The van der Waals surface area contributed by atoms with Gasteiger partial charge < -0.3 is 20.1 Å². The van der Waals surface area contributed by atoms with Crippen molar-refractivity contribution in [3.05, 3.63) is 70.3 Å². The van der Waals surface area contributed by atoms with Crippen LogP contribution in [0.15, 0.2) is 54.7 Å². The number of methoxy groups -OCH3 is 1. The number of urea groups is 1. The number of anilines is 1. The summed E-state index contributed by atoms with van der Waals surface area (Å²) in [5.74, 6) is 0.779. The molecule has 0 radical (unpaired) electrons. The third-order valence-electron chi connectivity index (χ3n) is 5.58.